The second kappa shape index (κ2) is 8.54. The van der Waals surface area contributed by atoms with Gasteiger partial charge in [-0.2, -0.15) is 0 Å². The zero-order valence-corrected chi connectivity index (χ0v) is 16.4. The second-order valence-corrected chi connectivity index (χ2v) is 7.54. The maximum atomic E-state index is 12.5. The highest BCUT2D eigenvalue weighted by atomic mass is 16.5. The fraction of sp³-hybridized carbons (Fsp3) is 0.524. The lowest BCUT2D eigenvalue weighted by atomic mass is 10.0. The van der Waals surface area contributed by atoms with E-state index < -0.39 is 5.97 Å². The lowest BCUT2D eigenvalue weighted by Crippen LogP contribution is -2.41. The first kappa shape index (κ1) is 20.0. The third-order valence-corrected chi connectivity index (χ3v) is 5.28. The fourth-order valence-corrected chi connectivity index (χ4v) is 3.65. The average Bonchev–Trinajstić information content (AvgIpc) is 2.94. The smallest absolute Gasteiger partial charge is 0.338 e. The third-order valence-electron chi connectivity index (χ3n) is 5.28. The summed E-state index contributed by atoms with van der Waals surface area (Å²) in [6.45, 7) is 5.49. The Morgan fingerprint density at radius 2 is 1.93 bits per heavy atom. The van der Waals surface area contributed by atoms with Crippen LogP contribution in [0, 0.1) is 5.92 Å². The van der Waals surface area contributed by atoms with Gasteiger partial charge in [0, 0.05) is 19.6 Å². The summed E-state index contributed by atoms with van der Waals surface area (Å²) < 4.78 is 5.15. The summed E-state index contributed by atoms with van der Waals surface area (Å²) in [5, 5.41) is 0. The van der Waals surface area contributed by atoms with Crippen LogP contribution in [0.4, 0.5) is 0 Å². The third kappa shape index (κ3) is 4.08. The van der Waals surface area contributed by atoms with Crippen LogP contribution in [0.5, 0.6) is 0 Å². The minimum Gasteiger partial charge on any atom is -0.452 e. The first-order valence-corrected chi connectivity index (χ1v) is 9.87. The summed E-state index contributed by atoms with van der Waals surface area (Å²) in [5.74, 6) is -1.15. The van der Waals surface area contributed by atoms with E-state index in [4.69, 9.17) is 4.74 Å². The molecule has 1 aromatic carbocycles. The van der Waals surface area contributed by atoms with Crippen molar-refractivity contribution in [2.24, 2.45) is 5.92 Å². The molecule has 0 radical (unpaired) electrons. The minimum atomic E-state index is -0.673. The molecule has 150 valence electrons. The van der Waals surface area contributed by atoms with Crippen LogP contribution in [0.3, 0.4) is 0 Å². The average molecular weight is 386 g/mol. The van der Waals surface area contributed by atoms with Crippen molar-refractivity contribution >= 4 is 23.7 Å². The molecule has 0 spiro atoms. The predicted molar refractivity (Wildman–Crippen MR) is 102 cm³/mol. The number of amides is 3. The van der Waals surface area contributed by atoms with Crippen molar-refractivity contribution in [2.45, 2.75) is 39.5 Å². The lowest BCUT2D eigenvalue weighted by molar-refractivity contribution is -0.136. The Morgan fingerprint density at radius 3 is 2.64 bits per heavy atom. The van der Waals surface area contributed by atoms with Crippen molar-refractivity contribution in [2.75, 3.05) is 26.2 Å². The molecule has 0 saturated carbocycles. The molecule has 2 aliphatic heterocycles. The standard InChI is InChI=1S/C21H26N2O5/c1-3-4-10-23-19(25)16-8-7-15(11-17(16)20(23)26)21(27)28-13-18(24)22-9-5-6-14(2)12-22/h7-8,11,14H,3-6,9-10,12-13H2,1-2H3/t14-/m1/s1. The SMILES string of the molecule is CCCCN1C(=O)c2ccc(C(=O)OCC(=O)N3CCC[C@@H](C)C3)cc2C1=O. The van der Waals surface area contributed by atoms with E-state index in [1.54, 1.807) is 4.90 Å². The van der Waals surface area contributed by atoms with E-state index in [-0.39, 0.29) is 35.5 Å². The molecule has 1 atom stereocenters. The molecular weight excluding hydrogens is 360 g/mol. The van der Waals surface area contributed by atoms with E-state index >= 15 is 0 Å². The molecule has 7 nitrogen and oxygen atoms in total. The molecule has 0 bridgehead atoms. The Bertz CT molecular complexity index is 804. The molecule has 3 rings (SSSR count). The number of carbonyl (C=O) groups excluding carboxylic acids is 4. The van der Waals surface area contributed by atoms with Gasteiger partial charge in [0.2, 0.25) is 0 Å². The molecule has 2 heterocycles. The Balaban J connectivity index is 1.63. The van der Waals surface area contributed by atoms with Crippen molar-refractivity contribution < 1.29 is 23.9 Å². The molecule has 2 aliphatic rings. The zero-order valence-electron chi connectivity index (χ0n) is 16.4. The van der Waals surface area contributed by atoms with E-state index in [9.17, 15) is 19.2 Å². The van der Waals surface area contributed by atoms with Gasteiger partial charge in [-0.3, -0.25) is 19.3 Å². The quantitative estimate of drug-likeness (QED) is 0.554. The van der Waals surface area contributed by atoms with Crippen molar-refractivity contribution in [3.05, 3.63) is 34.9 Å². The number of unbranched alkanes of at least 4 members (excludes halogenated alkanes) is 1. The molecule has 3 amide bonds. The number of ether oxygens (including phenoxy) is 1. The van der Waals surface area contributed by atoms with Crippen molar-refractivity contribution in [1.29, 1.82) is 0 Å². The minimum absolute atomic E-state index is 0.164. The Hall–Kier alpha value is -2.70. The largest absolute Gasteiger partial charge is 0.452 e. The Kier molecular flexibility index (Phi) is 6.11. The number of rotatable bonds is 6. The fourth-order valence-electron chi connectivity index (χ4n) is 3.65. The Labute approximate surface area is 164 Å². The van der Waals surface area contributed by atoms with Gasteiger partial charge >= 0.3 is 5.97 Å². The molecule has 28 heavy (non-hydrogen) atoms. The summed E-state index contributed by atoms with van der Waals surface area (Å²) in [7, 11) is 0. The van der Waals surface area contributed by atoms with Gasteiger partial charge in [-0.15, -0.1) is 0 Å². The normalized spacial score (nSPS) is 19.0. The zero-order chi connectivity index (χ0) is 20.3. The summed E-state index contributed by atoms with van der Waals surface area (Å²) in [5.41, 5.74) is 0.680. The number of hydrogen-bond acceptors (Lipinski definition) is 5. The molecule has 0 unspecified atom stereocenters. The second-order valence-electron chi connectivity index (χ2n) is 7.54. The van der Waals surface area contributed by atoms with Crippen LogP contribution < -0.4 is 0 Å². The summed E-state index contributed by atoms with van der Waals surface area (Å²) in [4.78, 5) is 52.3. The van der Waals surface area contributed by atoms with E-state index in [0.29, 0.717) is 31.1 Å². The number of benzene rings is 1. The van der Waals surface area contributed by atoms with Crippen molar-refractivity contribution in [1.82, 2.24) is 9.80 Å². The molecule has 1 fully saturated rings. The maximum absolute atomic E-state index is 12.5. The highest BCUT2D eigenvalue weighted by Gasteiger charge is 2.35. The van der Waals surface area contributed by atoms with Crippen molar-refractivity contribution in [3.63, 3.8) is 0 Å². The van der Waals surface area contributed by atoms with Gasteiger partial charge in [0.25, 0.3) is 17.7 Å². The van der Waals surface area contributed by atoms with Gasteiger partial charge in [-0.05, 0) is 43.4 Å². The van der Waals surface area contributed by atoms with Crippen LogP contribution in [0.2, 0.25) is 0 Å². The number of imide groups is 1. The molecule has 0 aromatic heterocycles. The van der Waals surface area contributed by atoms with Gasteiger partial charge in [-0.1, -0.05) is 20.3 Å². The monoisotopic (exact) mass is 386 g/mol. The van der Waals surface area contributed by atoms with E-state index in [0.717, 1.165) is 25.7 Å². The molecule has 7 heteroatoms. The summed E-state index contributed by atoms with van der Waals surface area (Å²) in [6, 6.07) is 4.33. The maximum Gasteiger partial charge on any atom is 0.338 e. The van der Waals surface area contributed by atoms with Gasteiger partial charge in [0.1, 0.15) is 0 Å². The molecule has 1 aromatic rings. The van der Waals surface area contributed by atoms with Crippen LogP contribution in [-0.2, 0) is 9.53 Å². The lowest BCUT2D eigenvalue weighted by Gasteiger charge is -2.30. The topological polar surface area (TPSA) is 84.0 Å². The van der Waals surface area contributed by atoms with E-state index in [2.05, 4.69) is 6.92 Å². The molecule has 0 aliphatic carbocycles. The summed E-state index contributed by atoms with van der Waals surface area (Å²) in [6.07, 6.45) is 3.66. The summed E-state index contributed by atoms with van der Waals surface area (Å²) >= 11 is 0. The number of nitrogens with zero attached hydrogens (tertiary/aromatic N) is 2. The number of carbonyl (C=O) groups is 4. The molecule has 1 saturated heterocycles. The number of esters is 1. The number of piperidine rings is 1. The number of fused-ring (bicyclic) bond motifs is 1. The molecular formula is C21H26N2O5. The van der Waals surface area contributed by atoms with Crippen LogP contribution in [-0.4, -0.2) is 59.7 Å². The molecule has 0 N–H and O–H groups in total. The van der Waals surface area contributed by atoms with Gasteiger partial charge in [-0.25, -0.2) is 4.79 Å². The van der Waals surface area contributed by atoms with Crippen LogP contribution in [0.15, 0.2) is 18.2 Å². The number of hydrogen-bond donors (Lipinski definition) is 0. The predicted octanol–water partition coefficient (Wildman–Crippen LogP) is 2.50. The van der Waals surface area contributed by atoms with Crippen LogP contribution in [0.25, 0.3) is 0 Å². The van der Waals surface area contributed by atoms with Gasteiger partial charge in [0.15, 0.2) is 6.61 Å². The highest BCUT2D eigenvalue weighted by Crippen LogP contribution is 2.25. The highest BCUT2D eigenvalue weighted by molar-refractivity contribution is 6.21. The first-order valence-electron chi connectivity index (χ1n) is 9.87. The van der Waals surface area contributed by atoms with Crippen molar-refractivity contribution in [3.8, 4) is 0 Å². The van der Waals surface area contributed by atoms with E-state index in [1.807, 2.05) is 6.92 Å². The van der Waals surface area contributed by atoms with Crippen LogP contribution in [0.1, 0.15) is 70.6 Å². The Morgan fingerprint density at radius 1 is 1.18 bits per heavy atom. The van der Waals surface area contributed by atoms with Crippen LogP contribution >= 0.6 is 0 Å². The van der Waals surface area contributed by atoms with Gasteiger partial charge < -0.3 is 9.64 Å². The van der Waals surface area contributed by atoms with Gasteiger partial charge in [0.05, 0.1) is 16.7 Å². The number of likely N-dealkylation sites (tertiary alicyclic amines) is 1. The van der Waals surface area contributed by atoms with E-state index in [1.165, 1.54) is 23.1 Å². The first-order chi connectivity index (χ1) is 13.4.